The van der Waals surface area contributed by atoms with Crippen LogP contribution >= 0.6 is 0 Å². The number of hydrogen-bond acceptors (Lipinski definition) is 1. The maximum Gasteiger partial charge on any atom is 0.170 e. The number of hydrogen-bond donors (Lipinski definition) is 0. The molecule has 0 fully saturated rings. The third-order valence-corrected chi connectivity index (χ3v) is 2.50. The summed E-state index contributed by atoms with van der Waals surface area (Å²) < 4.78 is 5.26. The van der Waals surface area contributed by atoms with E-state index >= 15 is 0 Å². The molecule has 1 nitrogen and oxygen atoms in total. The minimum atomic E-state index is 0.886. The predicted octanol–water partition coefficient (Wildman–Crippen LogP) is 3.90. The molecule has 1 radical (unpaired) electrons. The minimum absolute atomic E-state index is 0.886. The molecular weight excluding hydrogens is 184 g/mol. The first-order valence-electron chi connectivity index (χ1n) is 4.88. The van der Waals surface area contributed by atoms with E-state index in [0.717, 1.165) is 11.0 Å². The van der Waals surface area contributed by atoms with Crippen molar-refractivity contribution in [1.82, 2.24) is 0 Å². The number of furan rings is 1. The largest absolute Gasteiger partial charge is 0.453 e. The van der Waals surface area contributed by atoms with Crippen molar-refractivity contribution in [2.45, 2.75) is 0 Å². The fourth-order valence-electron chi connectivity index (χ4n) is 1.71. The van der Waals surface area contributed by atoms with Crippen LogP contribution in [0, 0.1) is 6.26 Å². The molecule has 0 atom stereocenters. The number of fused-ring (bicyclic) bond motifs is 1. The Morgan fingerprint density at radius 2 is 1.73 bits per heavy atom. The van der Waals surface area contributed by atoms with Crippen molar-refractivity contribution in [3.63, 3.8) is 0 Å². The molecule has 0 bridgehead atoms. The average Bonchev–Trinajstić information content (AvgIpc) is 2.77. The third kappa shape index (κ3) is 1.42. The van der Waals surface area contributed by atoms with E-state index in [4.69, 9.17) is 4.42 Å². The Labute approximate surface area is 88.0 Å². The summed E-state index contributed by atoms with van der Waals surface area (Å²) in [4.78, 5) is 0. The van der Waals surface area contributed by atoms with E-state index in [1.807, 2.05) is 30.3 Å². The van der Waals surface area contributed by atoms with Gasteiger partial charge in [-0.15, -0.1) is 0 Å². The molecule has 0 N–H and O–H groups in total. The zero-order valence-corrected chi connectivity index (χ0v) is 8.10. The van der Waals surface area contributed by atoms with Crippen molar-refractivity contribution in [3.8, 4) is 11.1 Å². The highest BCUT2D eigenvalue weighted by atomic mass is 16.3. The molecule has 1 heteroatoms. The molecule has 0 aliphatic rings. The second-order valence-corrected chi connectivity index (χ2v) is 3.48. The highest BCUT2D eigenvalue weighted by molar-refractivity contribution is 5.82. The zero-order chi connectivity index (χ0) is 10.1. The van der Waals surface area contributed by atoms with E-state index in [-0.39, 0.29) is 0 Å². The molecular formula is C14H9O. The van der Waals surface area contributed by atoms with Crippen LogP contribution in [-0.2, 0) is 0 Å². The van der Waals surface area contributed by atoms with E-state index < -0.39 is 0 Å². The maximum absolute atomic E-state index is 5.26. The molecule has 1 heterocycles. The third-order valence-electron chi connectivity index (χ3n) is 2.50. The molecule has 3 aromatic rings. The molecule has 0 saturated heterocycles. The van der Waals surface area contributed by atoms with Gasteiger partial charge in [0.1, 0.15) is 5.58 Å². The van der Waals surface area contributed by atoms with E-state index in [2.05, 4.69) is 30.5 Å². The summed E-state index contributed by atoms with van der Waals surface area (Å²) in [7, 11) is 0. The first kappa shape index (κ1) is 8.30. The molecule has 0 saturated carbocycles. The van der Waals surface area contributed by atoms with Crippen molar-refractivity contribution < 1.29 is 4.42 Å². The lowest BCUT2D eigenvalue weighted by Gasteiger charge is -2.00. The van der Waals surface area contributed by atoms with Crippen LogP contribution in [0.1, 0.15) is 0 Å². The second-order valence-electron chi connectivity index (χ2n) is 3.48. The topological polar surface area (TPSA) is 13.1 Å². The monoisotopic (exact) mass is 193 g/mol. The van der Waals surface area contributed by atoms with Crippen LogP contribution in [-0.4, -0.2) is 0 Å². The Hall–Kier alpha value is -2.02. The fraction of sp³-hybridized carbons (Fsp3) is 0. The van der Waals surface area contributed by atoms with Crippen LogP contribution in [0.15, 0.2) is 59.0 Å². The Bertz CT molecular complexity index is 578. The van der Waals surface area contributed by atoms with Crippen LogP contribution in [0.5, 0.6) is 0 Å². The van der Waals surface area contributed by atoms with Gasteiger partial charge in [-0.25, -0.2) is 0 Å². The lowest BCUT2D eigenvalue weighted by Crippen LogP contribution is -1.75. The van der Waals surface area contributed by atoms with Crippen LogP contribution in [0.4, 0.5) is 0 Å². The van der Waals surface area contributed by atoms with Crippen molar-refractivity contribution in [2.75, 3.05) is 0 Å². The Morgan fingerprint density at radius 1 is 0.867 bits per heavy atom. The van der Waals surface area contributed by atoms with Gasteiger partial charge >= 0.3 is 0 Å². The molecule has 0 aliphatic heterocycles. The van der Waals surface area contributed by atoms with E-state index in [0.29, 0.717) is 0 Å². The lowest BCUT2D eigenvalue weighted by atomic mass is 10.1. The van der Waals surface area contributed by atoms with E-state index in [1.54, 1.807) is 0 Å². The first-order valence-corrected chi connectivity index (χ1v) is 4.88. The van der Waals surface area contributed by atoms with Gasteiger partial charge in [-0.2, -0.15) is 0 Å². The summed E-state index contributed by atoms with van der Waals surface area (Å²) in [5, 5.41) is 1.09. The fourth-order valence-corrected chi connectivity index (χ4v) is 1.71. The predicted molar refractivity (Wildman–Crippen MR) is 60.5 cm³/mol. The summed E-state index contributed by atoms with van der Waals surface area (Å²) in [5.74, 6) is 0. The van der Waals surface area contributed by atoms with E-state index in [1.165, 1.54) is 11.1 Å². The van der Waals surface area contributed by atoms with Gasteiger partial charge in [-0.1, -0.05) is 42.5 Å². The van der Waals surface area contributed by atoms with Gasteiger partial charge in [0.15, 0.2) is 6.26 Å². The standard InChI is InChI=1S/C14H9O/c1-2-4-11(5-3-1)13-7-6-12-8-9-15-14(12)10-13/h1-8,10H. The lowest BCUT2D eigenvalue weighted by molar-refractivity contribution is 0.606. The molecule has 3 rings (SSSR count). The summed E-state index contributed by atoms with van der Waals surface area (Å²) in [6.07, 6.45) is 2.74. The summed E-state index contributed by atoms with van der Waals surface area (Å²) >= 11 is 0. The molecule has 0 aliphatic carbocycles. The van der Waals surface area contributed by atoms with Crippen LogP contribution < -0.4 is 0 Å². The molecule has 15 heavy (non-hydrogen) atoms. The molecule has 0 amide bonds. The Morgan fingerprint density at radius 3 is 2.60 bits per heavy atom. The zero-order valence-electron chi connectivity index (χ0n) is 8.10. The molecule has 2 aromatic carbocycles. The van der Waals surface area contributed by atoms with Crippen LogP contribution in [0.25, 0.3) is 22.1 Å². The van der Waals surface area contributed by atoms with Crippen molar-refractivity contribution >= 4 is 11.0 Å². The minimum Gasteiger partial charge on any atom is -0.453 e. The highest BCUT2D eigenvalue weighted by Crippen LogP contribution is 2.24. The van der Waals surface area contributed by atoms with E-state index in [9.17, 15) is 0 Å². The quantitative estimate of drug-likeness (QED) is 0.571. The number of benzene rings is 2. The van der Waals surface area contributed by atoms with Crippen molar-refractivity contribution in [2.24, 2.45) is 0 Å². The van der Waals surface area contributed by atoms with Gasteiger partial charge in [0, 0.05) is 5.39 Å². The number of rotatable bonds is 1. The summed E-state index contributed by atoms with van der Waals surface area (Å²) in [5.41, 5.74) is 3.26. The van der Waals surface area contributed by atoms with Gasteiger partial charge in [-0.05, 0) is 23.3 Å². The Balaban J connectivity index is 2.19. The van der Waals surface area contributed by atoms with Crippen LogP contribution in [0.3, 0.4) is 0 Å². The summed E-state index contributed by atoms with van der Waals surface area (Å²) in [6, 6.07) is 18.3. The first-order chi connectivity index (χ1) is 7.43. The summed E-state index contributed by atoms with van der Waals surface area (Å²) in [6.45, 7) is 0. The smallest absolute Gasteiger partial charge is 0.170 e. The molecule has 0 spiro atoms. The Kier molecular flexibility index (Phi) is 1.82. The molecule has 0 unspecified atom stereocenters. The van der Waals surface area contributed by atoms with Crippen LogP contribution in [0.2, 0.25) is 0 Å². The van der Waals surface area contributed by atoms with Gasteiger partial charge in [0.2, 0.25) is 0 Å². The van der Waals surface area contributed by atoms with Crippen molar-refractivity contribution in [1.29, 1.82) is 0 Å². The van der Waals surface area contributed by atoms with Gasteiger partial charge in [-0.3, -0.25) is 0 Å². The maximum atomic E-state index is 5.26. The molecule has 1 aromatic heterocycles. The van der Waals surface area contributed by atoms with Gasteiger partial charge in [0.25, 0.3) is 0 Å². The van der Waals surface area contributed by atoms with Gasteiger partial charge in [0.05, 0.1) is 0 Å². The SMILES string of the molecule is [c]1cc2ccc(-c3ccccc3)cc2o1. The normalized spacial score (nSPS) is 10.7. The van der Waals surface area contributed by atoms with Gasteiger partial charge < -0.3 is 4.42 Å². The second kappa shape index (κ2) is 3.28. The molecule has 71 valence electrons. The van der Waals surface area contributed by atoms with Crippen molar-refractivity contribution in [3.05, 3.63) is 60.9 Å². The highest BCUT2D eigenvalue weighted by Gasteiger charge is 2.00. The average molecular weight is 193 g/mol.